The molecule has 0 aromatic heterocycles. The van der Waals surface area contributed by atoms with Gasteiger partial charge in [0.2, 0.25) is 0 Å². The predicted molar refractivity (Wildman–Crippen MR) is 56.2 cm³/mol. The minimum atomic E-state index is -0.649. The summed E-state index contributed by atoms with van der Waals surface area (Å²) < 4.78 is 0. The van der Waals surface area contributed by atoms with Crippen molar-refractivity contribution in [1.82, 2.24) is 10.6 Å². The van der Waals surface area contributed by atoms with Crippen molar-refractivity contribution < 1.29 is 9.59 Å². The molecule has 0 aromatic rings. The maximum Gasteiger partial charge on any atom is 0.322 e. The summed E-state index contributed by atoms with van der Waals surface area (Å²) in [6.07, 6.45) is 6.48. The van der Waals surface area contributed by atoms with E-state index in [0.29, 0.717) is 0 Å². The fourth-order valence-electron chi connectivity index (χ4n) is 2.73. The Morgan fingerprint density at radius 1 is 1.47 bits per heavy atom. The largest absolute Gasteiger partial charge is 0.323 e. The second-order valence-corrected chi connectivity index (χ2v) is 4.35. The number of carbonyl (C=O) groups is 2. The number of hydrogen-bond donors (Lipinski definition) is 2. The molecule has 0 radical (unpaired) electrons. The highest BCUT2D eigenvalue weighted by Gasteiger charge is 2.51. The van der Waals surface area contributed by atoms with Gasteiger partial charge in [-0.3, -0.25) is 10.1 Å². The van der Waals surface area contributed by atoms with Crippen LogP contribution < -0.4 is 10.6 Å². The number of carbonyl (C=O) groups excluding carboxylic acids is 2. The van der Waals surface area contributed by atoms with Gasteiger partial charge in [0.05, 0.1) is 0 Å². The van der Waals surface area contributed by atoms with Crippen molar-refractivity contribution in [2.75, 3.05) is 0 Å². The minimum absolute atomic E-state index is 0.154. The molecule has 4 heteroatoms. The molecule has 82 valence electrons. The summed E-state index contributed by atoms with van der Waals surface area (Å²) in [6.45, 7) is 3.71. The van der Waals surface area contributed by atoms with Crippen molar-refractivity contribution >= 4 is 11.9 Å². The van der Waals surface area contributed by atoms with Gasteiger partial charge >= 0.3 is 6.03 Å². The third-order valence-corrected chi connectivity index (χ3v) is 3.49. The lowest BCUT2D eigenvalue weighted by Gasteiger charge is -2.38. The molecule has 2 aliphatic rings. The molecule has 1 heterocycles. The van der Waals surface area contributed by atoms with Gasteiger partial charge < -0.3 is 5.32 Å². The Balaban J connectivity index is 2.25. The van der Waals surface area contributed by atoms with Gasteiger partial charge in [-0.15, -0.1) is 6.58 Å². The summed E-state index contributed by atoms with van der Waals surface area (Å²) in [5, 5.41) is 5.15. The van der Waals surface area contributed by atoms with Crippen LogP contribution in [0, 0.1) is 5.92 Å². The number of hydrogen-bond acceptors (Lipinski definition) is 2. The Kier molecular flexibility index (Phi) is 2.50. The third kappa shape index (κ3) is 1.54. The van der Waals surface area contributed by atoms with Crippen molar-refractivity contribution in [2.24, 2.45) is 5.92 Å². The Morgan fingerprint density at radius 2 is 2.27 bits per heavy atom. The highest BCUT2D eigenvalue weighted by atomic mass is 16.2. The van der Waals surface area contributed by atoms with Crippen LogP contribution in [-0.2, 0) is 4.79 Å². The zero-order chi connectivity index (χ0) is 10.9. The van der Waals surface area contributed by atoms with Crippen LogP contribution in [0.4, 0.5) is 4.79 Å². The van der Waals surface area contributed by atoms with Gasteiger partial charge in [0.25, 0.3) is 5.91 Å². The molecular weight excluding hydrogens is 192 g/mol. The molecule has 3 amide bonds. The molecule has 2 fully saturated rings. The van der Waals surface area contributed by atoms with E-state index >= 15 is 0 Å². The normalized spacial score (nSPS) is 35.1. The molecule has 0 unspecified atom stereocenters. The number of amides is 3. The maximum atomic E-state index is 11.8. The standard InChI is InChI=1S/C11H16N2O2/c1-2-5-8-6-3-4-7-11(8)9(14)12-10(15)13-11/h2,8H,1,3-7H2,(H2,12,13,14,15)/t8-,11+/m1/s1. The monoisotopic (exact) mass is 208 g/mol. The van der Waals surface area contributed by atoms with E-state index in [0.717, 1.165) is 32.1 Å². The Hall–Kier alpha value is -1.32. The molecule has 1 saturated carbocycles. The van der Waals surface area contributed by atoms with E-state index in [4.69, 9.17) is 0 Å². The van der Waals surface area contributed by atoms with E-state index in [2.05, 4.69) is 17.2 Å². The molecule has 1 saturated heterocycles. The van der Waals surface area contributed by atoms with Crippen LogP contribution in [0.3, 0.4) is 0 Å². The number of nitrogens with one attached hydrogen (secondary N) is 2. The second-order valence-electron chi connectivity index (χ2n) is 4.35. The van der Waals surface area contributed by atoms with Crippen LogP contribution in [0.1, 0.15) is 32.1 Å². The average molecular weight is 208 g/mol. The molecule has 0 bridgehead atoms. The van der Waals surface area contributed by atoms with E-state index in [1.165, 1.54) is 0 Å². The van der Waals surface area contributed by atoms with Crippen molar-refractivity contribution in [3.63, 3.8) is 0 Å². The Bertz CT molecular complexity index is 314. The smallest absolute Gasteiger partial charge is 0.322 e. The number of rotatable bonds is 2. The molecule has 1 spiro atoms. The first kappa shape index (κ1) is 10.2. The Labute approximate surface area is 89.1 Å². The highest BCUT2D eigenvalue weighted by Crippen LogP contribution is 2.38. The molecule has 15 heavy (non-hydrogen) atoms. The number of urea groups is 1. The fraction of sp³-hybridized carbons (Fsp3) is 0.636. The van der Waals surface area contributed by atoms with Gasteiger partial charge in [0.15, 0.2) is 0 Å². The Morgan fingerprint density at radius 3 is 2.87 bits per heavy atom. The topological polar surface area (TPSA) is 58.2 Å². The number of imide groups is 1. The van der Waals surface area contributed by atoms with Gasteiger partial charge in [0, 0.05) is 0 Å². The van der Waals surface area contributed by atoms with Crippen LogP contribution in [0.15, 0.2) is 12.7 Å². The zero-order valence-electron chi connectivity index (χ0n) is 8.71. The van der Waals surface area contributed by atoms with Crippen molar-refractivity contribution in [2.45, 2.75) is 37.6 Å². The summed E-state index contributed by atoms with van der Waals surface area (Å²) in [7, 11) is 0. The summed E-state index contributed by atoms with van der Waals surface area (Å²) in [6, 6.07) is -0.351. The maximum absolute atomic E-state index is 11.8. The van der Waals surface area contributed by atoms with E-state index in [1.54, 1.807) is 0 Å². The van der Waals surface area contributed by atoms with Gasteiger partial charge in [-0.1, -0.05) is 18.9 Å². The van der Waals surface area contributed by atoms with Gasteiger partial charge in [-0.2, -0.15) is 0 Å². The van der Waals surface area contributed by atoms with Crippen LogP contribution in [0.5, 0.6) is 0 Å². The minimum Gasteiger partial charge on any atom is -0.323 e. The molecular formula is C11H16N2O2. The lowest BCUT2D eigenvalue weighted by Crippen LogP contribution is -2.54. The highest BCUT2D eigenvalue weighted by molar-refractivity contribution is 6.07. The van der Waals surface area contributed by atoms with E-state index in [1.807, 2.05) is 6.08 Å². The first-order valence-electron chi connectivity index (χ1n) is 5.43. The number of allylic oxidation sites excluding steroid dienone is 1. The molecule has 4 nitrogen and oxygen atoms in total. The van der Waals surface area contributed by atoms with E-state index in [-0.39, 0.29) is 17.9 Å². The lowest BCUT2D eigenvalue weighted by atomic mass is 9.71. The van der Waals surface area contributed by atoms with Crippen molar-refractivity contribution in [3.8, 4) is 0 Å². The molecule has 2 N–H and O–H groups in total. The van der Waals surface area contributed by atoms with Crippen LogP contribution in [-0.4, -0.2) is 17.5 Å². The summed E-state index contributed by atoms with van der Waals surface area (Å²) in [5.74, 6) is 0.0502. The summed E-state index contributed by atoms with van der Waals surface area (Å²) in [5.41, 5.74) is -0.649. The summed E-state index contributed by atoms with van der Waals surface area (Å²) in [4.78, 5) is 23.0. The average Bonchev–Trinajstić information content (AvgIpc) is 2.47. The van der Waals surface area contributed by atoms with E-state index < -0.39 is 5.54 Å². The van der Waals surface area contributed by atoms with Crippen LogP contribution >= 0.6 is 0 Å². The predicted octanol–water partition coefficient (Wildman–Crippen LogP) is 1.33. The van der Waals surface area contributed by atoms with Gasteiger partial charge in [0.1, 0.15) is 5.54 Å². The third-order valence-electron chi connectivity index (χ3n) is 3.49. The molecule has 2 rings (SSSR count). The first-order chi connectivity index (χ1) is 7.19. The second kappa shape index (κ2) is 3.68. The van der Waals surface area contributed by atoms with Gasteiger partial charge in [-0.05, 0) is 25.2 Å². The quantitative estimate of drug-likeness (QED) is 0.531. The molecule has 1 aliphatic heterocycles. The van der Waals surface area contributed by atoms with Crippen LogP contribution in [0.2, 0.25) is 0 Å². The molecule has 2 atom stereocenters. The van der Waals surface area contributed by atoms with E-state index in [9.17, 15) is 9.59 Å². The zero-order valence-corrected chi connectivity index (χ0v) is 8.71. The molecule has 0 aromatic carbocycles. The van der Waals surface area contributed by atoms with Crippen LogP contribution in [0.25, 0.3) is 0 Å². The summed E-state index contributed by atoms with van der Waals surface area (Å²) >= 11 is 0. The van der Waals surface area contributed by atoms with Gasteiger partial charge in [-0.25, -0.2) is 4.79 Å². The SMILES string of the molecule is C=CC[C@@H]1CCCC[C@]12NC(=O)NC2=O. The lowest BCUT2D eigenvalue weighted by molar-refractivity contribution is -0.127. The van der Waals surface area contributed by atoms with Crippen molar-refractivity contribution in [3.05, 3.63) is 12.7 Å². The molecule has 1 aliphatic carbocycles. The fourth-order valence-corrected chi connectivity index (χ4v) is 2.73. The van der Waals surface area contributed by atoms with Crippen molar-refractivity contribution in [1.29, 1.82) is 0 Å². The first-order valence-corrected chi connectivity index (χ1v) is 5.43.